The molecule has 1 N–H and O–H groups in total. The zero-order valence-electron chi connectivity index (χ0n) is 12.2. The quantitative estimate of drug-likeness (QED) is 0.652. The molecule has 98 valence electrons. The van der Waals surface area contributed by atoms with E-state index in [1.54, 1.807) is 0 Å². The van der Waals surface area contributed by atoms with Crippen molar-refractivity contribution >= 4 is 0 Å². The molecule has 0 aromatic carbocycles. The van der Waals surface area contributed by atoms with E-state index in [2.05, 4.69) is 51.8 Å². The van der Waals surface area contributed by atoms with Crippen LogP contribution in [0.4, 0.5) is 0 Å². The molecule has 0 rings (SSSR count). The fourth-order valence-corrected chi connectivity index (χ4v) is 2.12. The summed E-state index contributed by atoms with van der Waals surface area (Å²) in [5.41, 5.74) is 0. The molecule has 0 amide bonds. The molecule has 0 aliphatic heterocycles. The lowest BCUT2D eigenvalue weighted by Gasteiger charge is -2.34. The topological polar surface area (TPSA) is 15.3 Å². The Kier molecular flexibility index (Phi) is 8.96. The third-order valence-corrected chi connectivity index (χ3v) is 3.85. The van der Waals surface area contributed by atoms with Gasteiger partial charge in [-0.1, -0.05) is 41.0 Å². The fraction of sp³-hybridized carbons (Fsp3) is 1.00. The highest BCUT2D eigenvalue weighted by atomic mass is 15.2. The van der Waals surface area contributed by atoms with E-state index in [1.165, 1.54) is 19.4 Å². The maximum Gasteiger partial charge on any atom is 0.0220 e. The van der Waals surface area contributed by atoms with E-state index in [9.17, 15) is 0 Å². The van der Waals surface area contributed by atoms with Crippen molar-refractivity contribution in [3.63, 3.8) is 0 Å². The molecule has 0 saturated heterocycles. The summed E-state index contributed by atoms with van der Waals surface area (Å²) in [7, 11) is 0. The maximum atomic E-state index is 3.64. The summed E-state index contributed by atoms with van der Waals surface area (Å²) in [5.74, 6) is 0.762. The molecule has 0 aliphatic carbocycles. The van der Waals surface area contributed by atoms with Crippen LogP contribution in [0.2, 0.25) is 0 Å². The van der Waals surface area contributed by atoms with Crippen LogP contribution >= 0.6 is 0 Å². The SMILES string of the molecule is CCNC(CN(CC)C(C)CC)C(C)CC. The Balaban J connectivity index is 4.33. The van der Waals surface area contributed by atoms with E-state index in [0.29, 0.717) is 12.1 Å². The summed E-state index contributed by atoms with van der Waals surface area (Å²) in [6, 6.07) is 1.35. The van der Waals surface area contributed by atoms with Gasteiger partial charge in [0.25, 0.3) is 0 Å². The van der Waals surface area contributed by atoms with Crippen molar-refractivity contribution in [2.45, 2.75) is 66.5 Å². The van der Waals surface area contributed by atoms with Crippen LogP contribution in [0.25, 0.3) is 0 Å². The molecule has 0 saturated carbocycles. The molecule has 0 fully saturated rings. The Morgan fingerprint density at radius 2 is 1.62 bits per heavy atom. The highest BCUT2D eigenvalue weighted by Gasteiger charge is 2.19. The van der Waals surface area contributed by atoms with Crippen LogP contribution < -0.4 is 5.32 Å². The minimum absolute atomic E-state index is 0.643. The second kappa shape index (κ2) is 9.00. The lowest BCUT2D eigenvalue weighted by atomic mass is 9.98. The van der Waals surface area contributed by atoms with Crippen molar-refractivity contribution in [3.8, 4) is 0 Å². The van der Waals surface area contributed by atoms with Crippen LogP contribution in [0, 0.1) is 5.92 Å². The Bertz CT molecular complexity index is 159. The van der Waals surface area contributed by atoms with Crippen molar-refractivity contribution in [1.82, 2.24) is 10.2 Å². The van der Waals surface area contributed by atoms with Crippen LogP contribution in [0.3, 0.4) is 0 Å². The number of rotatable bonds is 9. The number of nitrogens with one attached hydrogen (secondary N) is 1. The van der Waals surface area contributed by atoms with Gasteiger partial charge in [0, 0.05) is 18.6 Å². The zero-order chi connectivity index (χ0) is 12.6. The molecule has 2 heteroatoms. The molecule has 0 radical (unpaired) electrons. The molecule has 0 heterocycles. The molecule has 0 aromatic rings. The smallest absolute Gasteiger partial charge is 0.0220 e. The number of likely N-dealkylation sites (N-methyl/N-ethyl adjacent to an activating group) is 2. The Hall–Kier alpha value is -0.0800. The summed E-state index contributed by atoms with van der Waals surface area (Å²) >= 11 is 0. The molecule has 2 nitrogen and oxygen atoms in total. The summed E-state index contributed by atoms with van der Waals surface area (Å²) in [5, 5.41) is 3.64. The second-order valence-corrected chi connectivity index (χ2v) is 4.89. The van der Waals surface area contributed by atoms with Crippen LogP contribution in [0.15, 0.2) is 0 Å². The van der Waals surface area contributed by atoms with Gasteiger partial charge in [0.1, 0.15) is 0 Å². The molecule has 16 heavy (non-hydrogen) atoms. The van der Waals surface area contributed by atoms with Crippen LogP contribution in [-0.2, 0) is 0 Å². The summed E-state index contributed by atoms with van der Waals surface area (Å²) < 4.78 is 0. The van der Waals surface area contributed by atoms with Crippen LogP contribution in [-0.4, -0.2) is 36.6 Å². The Labute approximate surface area is 103 Å². The number of hydrogen-bond donors (Lipinski definition) is 1. The van der Waals surface area contributed by atoms with Crippen molar-refractivity contribution < 1.29 is 0 Å². The predicted octanol–water partition coefficient (Wildman–Crippen LogP) is 3.13. The largest absolute Gasteiger partial charge is 0.313 e. The van der Waals surface area contributed by atoms with Gasteiger partial charge >= 0.3 is 0 Å². The van der Waals surface area contributed by atoms with E-state index < -0.39 is 0 Å². The average Bonchev–Trinajstić information content (AvgIpc) is 2.32. The van der Waals surface area contributed by atoms with Gasteiger partial charge in [-0.2, -0.15) is 0 Å². The third kappa shape index (κ3) is 5.31. The maximum absolute atomic E-state index is 3.64. The van der Waals surface area contributed by atoms with Crippen molar-refractivity contribution in [1.29, 1.82) is 0 Å². The average molecular weight is 228 g/mol. The van der Waals surface area contributed by atoms with E-state index in [1.807, 2.05) is 0 Å². The van der Waals surface area contributed by atoms with Crippen LogP contribution in [0.5, 0.6) is 0 Å². The number of hydrogen-bond acceptors (Lipinski definition) is 2. The summed E-state index contributed by atoms with van der Waals surface area (Å²) in [6.45, 7) is 17.2. The highest BCUT2D eigenvalue weighted by Crippen LogP contribution is 2.12. The first-order chi connectivity index (χ1) is 7.60. The molecular formula is C14H32N2. The van der Waals surface area contributed by atoms with Gasteiger partial charge in [0.2, 0.25) is 0 Å². The van der Waals surface area contributed by atoms with Crippen molar-refractivity contribution in [2.24, 2.45) is 5.92 Å². The molecular weight excluding hydrogens is 196 g/mol. The van der Waals surface area contributed by atoms with Gasteiger partial charge in [0.05, 0.1) is 0 Å². The van der Waals surface area contributed by atoms with Gasteiger partial charge in [-0.15, -0.1) is 0 Å². The van der Waals surface area contributed by atoms with Gasteiger partial charge in [0.15, 0.2) is 0 Å². The molecule has 0 aliphatic rings. The van der Waals surface area contributed by atoms with Gasteiger partial charge in [-0.25, -0.2) is 0 Å². The normalized spacial score (nSPS) is 17.4. The van der Waals surface area contributed by atoms with Crippen LogP contribution in [0.1, 0.15) is 54.4 Å². The minimum Gasteiger partial charge on any atom is -0.313 e. The first-order valence-electron chi connectivity index (χ1n) is 7.07. The van der Waals surface area contributed by atoms with E-state index in [0.717, 1.165) is 19.0 Å². The Morgan fingerprint density at radius 1 is 1.00 bits per heavy atom. The fourth-order valence-electron chi connectivity index (χ4n) is 2.12. The first kappa shape index (κ1) is 15.9. The monoisotopic (exact) mass is 228 g/mol. The predicted molar refractivity (Wildman–Crippen MR) is 73.9 cm³/mol. The second-order valence-electron chi connectivity index (χ2n) is 4.89. The molecule has 0 aromatic heterocycles. The zero-order valence-corrected chi connectivity index (χ0v) is 12.2. The van der Waals surface area contributed by atoms with Gasteiger partial charge in [-0.3, -0.25) is 4.90 Å². The third-order valence-electron chi connectivity index (χ3n) is 3.85. The van der Waals surface area contributed by atoms with E-state index in [4.69, 9.17) is 0 Å². The number of nitrogens with zero attached hydrogens (tertiary/aromatic N) is 1. The van der Waals surface area contributed by atoms with Gasteiger partial charge in [-0.05, 0) is 32.4 Å². The minimum atomic E-state index is 0.643. The first-order valence-corrected chi connectivity index (χ1v) is 7.07. The van der Waals surface area contributed by atoms with Crippen molar-refractivity contribution in [2.75, 3.05) is 19.6 Å². The Morgan fingerprint density at radius 3 is 2.00 bits per heavy atom. The standard InChI is InChI=1S/C14H32N2/c1-7-12(5)14(15-9-3)11-16(10-4)13(6)8-2/h12-15H,7-11H2,1-6H3. The molecule has 3 unspecified atom stereocenters. The molecule has 0 spiro atoms. The molecule has 3 atom stereocenters. The van der Waals surface area contributed by atoms with Gasteiger partial charge < -0.3 is 5.32 Å². The van der Waals surface area contributed by atoms with E-state index in [-0.39, 0.29) is 0 Å². The van der Waals surface area contributed by atoms with Crippen molar-refractivity contribution in [3.05, 3.63) is 0 Å². The molecule has 0 bridgehead atoms. The highest BCUT2D eigenvalue weighted by molar-refractivity contribution is 4.78. The lowest BCUT2D eigenvalue weighted by Crippen LogP contribution is -2.47. The summed E-state index contributed by atoms with van der Waals surface area (Å²) in [4.78, 5) is 2.60. The summed E-state index contributed by atoms with van der Waals surface area (Å²) in [6.07, 6.45) is 2.50. The lowest BCUT2D eigenvalue weighted by molar-refractivity contribution is 0.171. The van der Waals surface area contributed by atoms with E-state index >= 15 is 0 Å².